The molecule has 1 N–H and O–H groups in total. The van der Waals surface area contributed by atoms with Crippen LogP contribution in [-0.4, -0.2) is 23.7 Å². The molecule has 0 aromatic heterocycles. The molecular weight excluding hydrogens is 238 g/mol. The van der Waals surface area contributed by atoms with Gasteiger partial charge in [0.1, 0.15) is 5.25 Å². The summed E-state index contributed by atoms with van der Waals surface area (Å²) in [7, 11) is 0. The van der Waals surface area contributed by atoms with Gasteiger partial charge in [-0.2, -0.15) is 0 Å². The van der Waals surface area contributed by atoms with E-state index in [0.717, 1.165) is 10.6 Å². The van der Waals surface area contributed by atoms with Gasteiger partial charge in [0.15, 0.2) is 0 Å². The molecule has 1 heterocycles. The highest BCUT2D eigenvalue weighted by Gasteiger charge is 2.28. The molecule has 1 aromatic rings. The van der Waals surface area contributed by atoms with Crippen LogP contribution in [0.4, 0.5) is 5.69 Å². The molecule has 1 atom stereocenters. The maximum atomic E-state index is 11.7. The maximum absolute atomic E-state index is 11.7. The lowest BCUT2D eigenvalue weighted by Gasteiger charge is -2.11. The van der Waals surface area contributed by atoms with Crippen molar-refractivity contribution in [3.8, 4) is 0 Å². The minimum absolute atomic E-state index is 0.151. The summed E-state index contributed by atoms with van der Waals surface area (Å²) in [6, 6.07) is 7.45. The van der Waals surface area contributed by atoms with E-state index in [1.807, 2.05) is 24.3 Å². The first-order chi connectivity index (χ1) is 8.20. The fourth-order valence-corrected chi connectivity index (χ4v) is 2.71. The van der Waals surface area contributed by atoms with Gasteiger partial charge in [-0.05, 0) is 19.1 Å². The lowest BCUT2D eigenvalue weighted by atomic mass is 10.2. The second-order valence-electron chi connectivity index (χ2n) is 3.61. The molecule has 1 aliphatic heterocycles. The molecular formula is C12H13NO3S. The van der Waals surface area contributed by atoms with Crippen molar-refractivity contribution in [2.75, 3.05) is 11.9 Å². The zero-order valence-electron chi connectivity index (χ0n) is 9.43. The number of rotatable bonds is 2. The largest absolute Gasteiger partial charge is 0.465 e. The van der Waals surface area contributed by atoms with E-state index in [1.54, 1.807) is 6.92 Å². The van der Waals surface area contributed by atoms with Gasteiger partial charge >= 0.3 is 5.97 Å². The second-order valence-corrected chi connectivity index (χ2v) is 4.85. The number of ether oxygens (including phenoxy) is 1. The van der Waals surface area contributed by atoms with Crippen LogP contribution >= 0.6 is 11.8 Å². The number of hydrogen-bond donors (Lipinski definition) is 1. The van der Waals surface area contributed by atoms with Crippen LogP contribution in [-0.2, 0) is 14.3 Å². The highest BCUT2D eigenvalue weighted by molar-refractivity contribution is 8.00. The summed E-state index contributed by atoms with van der Waals surface area (Å²) in [5, 5.41) is 2.32. The number of carbonyl (C=O) groups excluding carboxylic acids is 2. The molecule has 0 radical (unpaired) electrons. The van der Waals surface area contributed by atoms with Gasteiger partial charge in [0.05, 0.1) is 12.3 Å². The standard InChI is InChI=1S/C12H13NO3S/c1-2-16-12(15)10-7-11(14)13-8-5-3-4-6-9(8)17-10/h3-6,10H,2,7H2,1H3,(H,13,14). The Morgan fingerprint density at radius 2 is 2.29 bits per heavy atom. The van der Waals surface area contributed by atoms with E-state index < -0.39 is 5.25 Å². The minimum Gasteiger partial charge on any atom is -0.465 e. The van der Waals surface area contributed by atoms with E-state index in [4.69, 9.17) is 4.74 Å². The lowest BCUT2D eigenvalue weighted by Crippen LogP contribution is -2.24. The monoisotopic (exact) mass is 251 g/mol. The van der Waals surface area contributed by atoms with E-state index in [9.17, 15) is 9.59 Å². The van der Waals surface area contributed by atoms with Crippen LogP contribution in [0.25, 0.3) is 0 Å². The Morgan fingerprint density at radius 1 is 1.53 bits per heavy atom. The summed E-state index contributed by atoms with van der Waals surface area (Å²) in [6.07, 6.45) is 0.151. The van der Waals surface area contributed by atoms with Gasteiger partial charge in [0.2, 0.25) is 5.91 Å². The van der Waals surface area contributed by atoms with Gasteiger partial charge in [-0.15, -0.1) is 11.8 Å². The van der Waals surface area contributed by atoms with Gasteiger partial charge in [0, 0.05) is 11.3 Å². The van der Waals surface area contributed by atoms with Crippen LogP contribution < -0.4 is 5.32 Å². The van der Waals surface area contributed by atoms with Crippen molar-refractivity contribution in [1.29, 1.82) is 0 Å². The summed E-state index contributed by atoms with van der Waals surface area (Å²) in [5.74, 6) is -0.482. The van der Waals surface area contributed by atoms with Crippen LogP contribution in [0, 0.1) is 0 Å². The third-order valence-electron chi connectivity index (χ3n) is 2.35. The first-order valence-electron chi connectivity index (χ1n) is 5.43. The Labute approximate surface area is 104 Å². The van der Waals surface area contributed by atoms with Crippen LogP contribution in [0.3, 0.4) is 0 Å². The number of thioether (sulfide) groups is 1. The number of esters is 1. The minimum atomic E-state index is -0.460. The molecule has 2 rings (SSSR count). The van der Waals surface area contributed by atoms with Crippen LogP contribution in [0.1, 0.15) is 13.3 Å². The number of carbonyl (C=O) groups is 2. The average molecular weight is 251 g/mol. The van der Waals surface area contributed by atoms with E-state index >= 15 is 0 Å². The van der Waals surface area contributed by atoms with Crippen LogP contribution in [0.5, 0.6) is 0 Å². The van der Waals surface area contributed by atoms with Crippen molar-refractivity contribution >= 4 is 29.3 Å². The number of amides is 1. The number of para-hydroxylation sites is 1. The predicted octanol–water partition coefficient (Wildman–Crippen LogP) is 2.05. The summed E-state index contributed by atoms with van der Waals surface area (Å²) in [4.78, 5) is 24.2. The van der Waals surface area contributed by atoms with E-state index in [-0.39, 0.29) is 18.3 Å². The van der Waals surface area contributed by atoms with Crippen molar-refractivity contribution in [1.82, 2.24) is 0 Å². The van der Waals surface area contributed by atoms with E-state index in [2.05, 4.69) is 5.32 Å². The van der Waals surface area contributed by atoms with Crippen molar-refractivity contribution in [2.45, 2.75) is 23.5 Å². The fraction of sp³-hybridized carbons (Fsp3) is 0.333. The Balaban J connectivity index is 2.23. The maximum Gasteiger partial charge on any atom is 0.319 e. The van der Waals surface area contributed by atoms with Gasteiger partial charge in [-0.25, -0.2) is 0 Å². The van der Waals surface area contributed by atoms with Gasteiger partial charge < -0.3 is 10.1 Å². The highest BCUT2D eigenvalue weighted by Crippen LogP contribution is 2.35. The Morgan fingerprint density at radius 3 is 3.06 bits per heavy atom. The normalized spacial score (nSPS) is 18.9. The third kappa shape index (κ3) is 2.79. The van der Waals surface area contributed by atoms with Gasteiger partial charge in [0.25, 0.3) is 0 Å². The third-order valence-corrected chi connectivity index (χ3v) is 3.60. The molecule has 0 saturated heterocycles. The molecule has 17 heavy (non-hydrogen) atoms. The number of hydrogen-bond acceptors (Lipinski definition) is 4. The summed E-state index contributed by atoms with van der Waals surface area (Å²) in [6.45, 7) is 2.09. The smallest absolute Gasteiger partial charge is 0.319 e. The number of fused-ring (bicyclic) bond motifs is 1. The molecule has 90 valence electrons. The van der Waals surface area contributed by atoms with Gasteiger partial charge in [-0.1, -0.05) is 12.1 Å². The quantitative estimate of drug-likeness (QED) is 0.817. The molecule has 0 aliphatic carbocycles. The van der Waals surface area contributed by atoms with Gasteiger partial charge in [-0.3, -0.25) is 9.59 Å². The van der Waals surface area contributed by atoms with Crippen molar-refractivity contribution in [2.24, 2.45) is 0 Å². The molecule has 0 saturated carbocycles. The highest BCUT2D eigenvalue weighted by atomic mass is 32.2. The molecule has 1 unspecified atom stereocenters. The van der Waals surface area contributed by atoms with Crippen LogP contribution in [0.15, 0.2) is 29.2 Å². The fourth-order valence-electron chi connectivity index (χ4n) is 1.60. The molecule has 1 aromatic carbocycles. The van der Waals surface area contributed by atoms with Crippen molar-refractivity contribution in [3.63, 3.8) is 0 Å². The Bertz CT molecular complexity index is 447. The molecule has 4 nitrogen and oxygen atoms in total. The van der Waals surface area contributed by atoms with Crippen molar-refractivity contribution in [3.05, 3.63) is 24.3 Å². The summed E-state index contributed by atoms with van der Waals surface area (Å²) >= 11 is 1.37. The molecule has 0 fully saturated rings. The molecule has 1 amide bonds. The molecule has 5 heteroatoms. The molecule has 0 spiro atoms. The molecule has 0 bridgehead atoms. The molecule has 1 aliphatic rings. The number of anilines is 1. The zero-order chi connectivity index (χ0) is 12.3. The topological polar surface area (TPSA) is 55.4 Å². The summed E-state index contributed by atoms with van der Waals surface area (Å²) < 4.78 is 4.96. The second kappa shape index (κ2) is 5.23. The number of nitrogens with one attached hydrogen (secondary N) is 1. The van der Waals surface area contributed by atoms with Crippen molar-refractivity contribution < 1.29 is 14.3 Å². The van der Waals surface area contributed by atoms with E-state index in [0.29, 0.717) is 6.61 Å². The lowest BCUT2D eigenvalue weighted by molar-refractivity contribution is -0.143. The number of benzene rings is 1. The first-order valence-corrected chi connectivity index (χ1v) is 6.31. The van der Waals surface area contributed by atoms with Crippen LogP contribution in [0.2, 0.25) is 0 Å². The van der Waals surface area contributed by atoms with E-state index in [1.165, 1.54) is 11.8 Å². The average Bonchev–Trinajstić information content (AvgIpc) is 2.47. The Hall–Kier alpha value is -1.49. The SMILES string of the molecule is CCOC(=O)C1CC(=O)Nc2ccccc2S1. The zero-order valence-corrected chi connectivity index (χ0v) is 10.3. The first kappa shape index (κ1) is 12.0. The predicted molar refractivity (Wildman–Crippen MR) is 66.0 cm³/mol. The Kier molecular flexibility index (Phi) is 3.68. The summed E-state index contributed by atoms with van der Waals surface area (Å²) in [5.41, 5.74) is 0.759.